The van der Waals surface area contributed by atoms with Gasteiger partial charge < -0.3 is 19.8 Å². The molecule has 7 nitrogen and oxygen atoms in total. The molecule has 2 aromatic carbocycles. The number of hydrogen-bond donors (Lipinski definition) is 3. The van der Waals surface area contributed by atoms with Crippen LogP contribution in [0.4, 0.5) is 5.69 Å². The molecule has 3 aromatic rings. The van der Waals surface area contributed by atoms with Gasteiger partial charge in [-0.2, -0.15) is 0 Å². The Morgan fingerprint density at radius 3 is 2.42 bits per heavy atom. The number of benzene rings is 2. The van der Waals surface area contributed by atoms with E-state index < -0.39 is 0 Å². The molecule has 0 unspecified atom stereocenters. The van der Waals surface area contributed by atoms with Crippen LogP contribution in [0.15, 0.2) is 71.3 Å². The molecule has 0 saturated carbocycles. The Balaban J connectivity index is 1.55. The molecule has 0 aliphatic carbocycles. The summed E-state index contributed by atoms with van der Waals surface area (Å²) in [5, 5.41) is 8.49. The Kier molecular flexibility index (Phi) is 7.40. The van der Waals surface area contributed by atoms with E-state index in [2.05, 4.69) is 16.0 Å². The number of anilines is 1. The molecule has 0 fully saturated rings. The third-order valence-electron chi connectivity index (χ3n) is 4.13. The van der Waals surface area contributed by atoms with Gasteiger partial charge in [0.2, 0.25) is 0 Å². The van der Waals surface area contributed by atoms with E-state index in [4.69, 9.17) is 21.4 Å². The second-order valence-corrected chi connectivity index (χ2v) is 7.32. The number of ether oxygens (including phenoxy) is 1. The van der Waals surface area contributed by atoms with Crippen molar-refractivity contribution >= 4 is 34.8 Å². The predicted molar refractivity (Wildman–Crippen MR) is 122 cm³/mol. The van der Waals surface area contributed by atoms with Gasteiger partial charge in [0.1, 0.15) is 11.5 Å². The van der Waals surface area contributed by atoms with Crippen molar-refractivity contribution in [3.05, 3.63) is 83.8 Å². The van der Waals surface area contributed by atoms with E-state index in [-0.39, 0.29) is 23.0 Å². The number of nitrogens with one attached hydrogen (secondary N) is 3. The van der Waals surface area contributed by atoms with Crippen LogP contribution in [-0.2, 0) is 6.54 Å². The number of hydrogen-bond acceptors (Lipinski definition) is 5. The predicted octanol–water partition coefficient (Wildman–Crippen LogP) is 4.12. The van der Waals surface area contributed by atoms with Crippen molar-refractivity contribution in [3.8, 4) is 5.75 Å². The van der Waals surface area contributed by atoms with Crippen LogP contribution in [0, 0.1) is 0 Å². The third kappa shape index (κ3) is 6.42. The van der Waals surface area contributed by atoms with Crippen molar-refractivity contribution in [2.24, 2.45) is 0 Å². The van der Waals surface area contributed by atoms with E-state index in [0.29, 0.717) is 34.9 Å². The molecule has 0 aliphatic rings. The van der Waals surface area contributed by atoms with Crippen molar-refractivity contribution in [1.82, 2.24) is 10.6 Å². The summed E-state index contributed by atoms with van der Waals surface area (Å²) in [5.41, 5.74) is 1.52. The summed E-state index contributed by atoms with van der Waals surface area (Å²) in [6.45, 7) is 4.09. The van der Waals surface area contributed by atoms with Crippen molar-refractivity contribution < 1.29 is 18.7 Å². The van der Waals surface area contributed by atoms with Gasteiger partial charge in [-0.1, -0.05) is 12.1 Å². The maximum atomic E-state index is 12.6. The van der Waals surface area contributed by atoms with E-state index in [1.807, 2.05) is 13.8 Å². The number of amides is 2. The van der Waals surface area contributed by atoms with Crippen LogP contribution < -0.4 is 20.7 Å². The first-order chi connectivity index (χ1) is 14.9. The molecule has 0 atom stereocenters. The minimum Gasteiger partial charge on any atom is -0.490 e. The van der Waals surface area contributed by atoms with Gasteiger partial charge in [-0.15, -0.1) is 0 Å². The smallest absolute Gasteiger partial charge is 0.261 e. The summed E-state index contributed by atoms with van der Waals surface area (Å²) in [5.74, 6) is 0.569. The van der Waals surface area contributed by atoms with Crippen LogP contribution in [0.1, 0.15) is 40.3 Å². The SMILES string of the molecule is CC(C)Oc1ccccc1C(=O)NC(=S)Nc1ccc(C(=O)NCc2ccco2)cc1. The standard InChI is InChI=1S/C23H23N3O4S/c1-15(2)30-20-8-4-3-7-19(20)22(28)26-23(31)25-17-11-9-16(10-12-17)21(27)24-14-18-6-5-13-29-18/h3-13,15H,14H2,1-2H3,(H,24,27)(H2,25,26,28,31). The van der Waals surface area contributed by atoms with Crippen LogP contribution in [0.5, 0.6) is 5.75 Å². The lowest BCUT2D eigenvalue weighted by molar-refractivity contribution is 0.0945. The summed E-state index contributed by atoms with van der Waals surface area (Å²) in [6, 6.07) is 17.3. The normalized spacial score (nSPS) is 10.4. The molecule has 8 heteroatoms. The molecule has 3 N–H and O–H groups in total. The fraction of sp³-hybridized carbons (Fsp3) is 0.174. The van der Waals surface area contributed by atoms with Crippen molar-refractivity contribution in [2.75, 3.05) is 5.32 Å². The minimum absolute atomic E-state index is 0.0613. The third-order valence-corrected chi connectivity index (χ3v) is 4.33. The van der Waals surface area contributed by atoms with E-state index in [1.54, 1.807) is 66.9 Å². The Hall–Kier alpha value is -3.65. The number of thiocarbonyl (C=S) groups is 1. The average molecular weight is 438 g/mol. The average Bonchev–Trinajstić information content (AvgIpc) is 3.26. The van der Waals surface area contributed by atoms with Gasteiger partial charge in [-0.25, -0.2) is 0 Å². The molecule has 2 amide bonds. The van der Waals surface area contributed by atoms with Crippen LogP contribution >= 0.6 is 12.2 Å². The van der Waals surface area contributed by atoms with Crippen LogP contribution in [0.3, 0.4) is 0 Å². The van der Waals surface area contributed by atoms with Crippen LogP contribution in [-0.4, -0.2) is 23.0 Å². The molecule has 3 rings (SSSR count). The minimum atomic E-state index is -0.373. The van der Waals surface area contributed by atoms with Crippen molar-refractivity contribution in [1.29, 1.82) is 0 Å². The lowest BCUT2D eigenvalue weighted by Crippen LogP contribution is -2.34. The number of rotatable bonds is 7. The maximum Gasteiger partial charge on any atom is 0.261 e. The Morgan fingerprint density at radius 2 is 1.74 bits per heavy atom. The highest BCUT2D eigenvalue weighted by molar-refractivity contribution is 7.80. The highest BCUT2D eigenvalue weighted by Crippen LogP contribution is 2.19. The van der Waals surface area contributed by atoms with Crippen molar-refractivity contribution in [3.63, 3.8) is 0 Å². The molecule has 0 radical (unpaired) electrons. The van der Waals surface area contributed by atoms with Crippen LogP contribution in [0.25, 0.3) is 0 Å². The highest BCUT2D eigenvalue weighted by Gasteiger charge is 2.14. The Labute approximate surface area is 185 Å². The van der Waals surface area contributed by atoms with E-state index in [0.717, 1.165) is 0 Å². The number of para-hydroxylation sites is 1. The van der Waals surface area contributed by atoms with Gasteiger partial charge in [0.25, 0.3) is 11.8 Å². The second kappa shape index (κ2) is 10.4. The molecule has 160 valence electrons. The van der Waals surface area contributed by atoms with Gasteiger partial charge in [0.15, 0.2) is 5.11 Å². The second-order valence-electron chi connectivity index (χ2n) is 6.91. The first-order valence-corrected chi connectivity index (χ1v) is 10.1. The zero-order valence-electron chi connectivity index (χ0n) is 17.2. The summed E-state index contributed by atoms with van der Waals surface area (Å²) in [4.78, 5) is 24.8. The summed E-state index contributed by atoms with van der Waals surface area (Å²) in [6.07, 6.45) is 1.49. The molecule has 1 heterocycles. The Bertz CT molecular complexity index is 1050. The summed E-state index contributed by atoms with van der Waals surface area (Å²) < 4.78 is 10.9. The van der Waals surface area contributed by atoms with Gasteiger partial charge >= 0.3 is 0 Å². The molecule has 1 aromatic heterocycles. The zero-order valence-corrected chi connectivity index (χ0v) is 18.0. The van der Waals surface area contributed by atoms with E-state index in [1.165, 1.54) is 0 Å². The molecule has 31 heavy (non-hydrogen) atoms. The largest absolute Gasteiger partial charge is 0.490 e. The molecular formula is C23H23N3O4S. The molecule has 0 spiro atoms. The molecule has 0 bridgehead atoms. The lowest BCUT2D eigenvalue weighted by Gasteiger charge is -2.15. The monoisotopic (exact) mass is 437 g/mol. The molecule has 0 aliphatic heterocycles. The van der Waals surface area contributed by atoms with Crippen molar-refractivity contribution in [2.45, 2.75) is 26.5 Å². The zero-order chi connectivity index (χ0) is 22.2. The van der Waals surface area contributed by atoms with Gasteiger partial charge in [0.05, 0.1) is 24.5 Å². The van der Waals surface area contributed by atoms with E-state index in [9.17, 15) is 9.59 Å². The first kappa shape index (κ1) is 22.0. The maximum absolute atomic E-state index is 12.6. The first-order valence-electron chi connectivity index (χ1n) is 9.71. The Morgan fingerprint density at radius 1 is 1.00 bits per heavy atom. The van der Waals surface area contributed by atoms with Gasteiger partial charge in [-0.05, 0) is 74.6 Å². The number of furan rings is 1. The van der Waals surface area contributed by atoms with Crippen LogP contribution in [0.2, 0.25) is 0 Å². The number of carbonyl (C=O) groups is 2. The number of carbonyl (C=O) groups excluding carboxylic acids is 2. The van der Waals surface area contributed by atoms with Gasteiger partial charge in [-0.3, -0.25) is 14.9 Å². The summed E-state index contributed by atoms with van der Waals surface area (Å²) >= 11 is 5.24. The molecular weight excluding hydrogens is 414 g/mol. The quantitative estimate of drug-likeness (QED) is 0.482. The fourth-order valence-corrected chi connectivity index (χ4v) is 2.94. The van der Waals surface area contributed by atoms with Gasteiger partial charge in [0, 0.05) is 11.3 Å². The van der Waals surface area contributed by atoms with E-state index >= 15 is 0 Å². The highest BCUT2D eigenvalue weighted by atomic mass is 32.1. The molecule has 0 saturated heterocycles. The summed E-state index contributed by atoms with van der Waals surface area (Å²) in [7, 11) is 0. The fourth-order valence-electron chi connectivity index (χ4n) is 2.73. The lowest BCUT2D eigenvalue weighted by atomic mass is 10.2. The topological polar surface area (TPSA) is 92.6 Å².